The van der Waals surface area contributed by atoms with E-state index in [0.717, 1.165) is 28.2 Å². The summed E-state index contributed by atoms with van der Waals surface area (Å²) in [4.78, 5) is 17.8. The average Bonchev–Trinajstić information content (AvgIpc) is 3.28. The van der Waals surface area contributed by atoms with Crippen molar-refractivity contribution in [3.63, 3.8) is 0 Å². The van der Waals surface area contributed by atoms with Crippen LogP contribution >= 0.6 is 0 Å². The van der Waals surface area contributed by atoms with E-state index in [2.05, 4.69) is 63.4 Å². The maximum absolute atomic E-state index is 13.8. The van der Waals surface area contributed by atoms with Gasteiger partial charge < -0.3 is 24.4 Å². The van der Waals surface area contributed by atoms with E-state index in [1.165, 1.54) is 0 Å². The summed E-state index contributed by atoms with van der Waals surface area (Å²) in [7, 11) is 5.65. The van der Waals surface area contributed by atoms with Gasteiger partial charge in [-0.15, -0.1) is 0 Å². The number of hydrogen-bond acceptors (Lipinski definition) is 3. The number of nitrogens with one attached hydrogen (secondary N) is 1. The van der Waals surface area contributed by atoms with Crippen molar-refractivity contribution >= 4 is 17.4 Å². The van der Waals surface area contributed by atoms with Gasteiger partial charge in [-0.25, -0.2) is 4.79 Å². The van der Waals surface area contributed by atoms with Crippen molar-refractivity contribution in [2.75, 3.05) is 31.4 Å². The molecule has 0 saturated heterocycles. The van der Waals surface area contributed by atoms with Crippen LogP contribution in [0.15, 0.2) is 91.1 Å². The molecule has 6 nitrogen and oxygen atoms in total. The van der Waals surface area contributed by atoms with Crippen LogP contribution in [-0.4, -0.2) is 36.7 Å². The first-order chi connectivity index (χ1) is 16.6. The Morgan fingerprint density at radius 1 is 0.941 bits per heavy atom. The monoisotopic (exact) mass is 452 g/mol. The van der Waals surface area contributed by atoms with Gasteiger partial charge in [-0.3, -0.25) is 0 Å². The highest BCUT2D eigenvalue weighted by Gasteiger charge is 2.33. The fourth-order valence-electron chi connectivity index (χ4n) is 4.58. The Hall–Kier alpha value is -4.19. The molecule has 6 heteroatoms. The van der Waals surface area contributed by atoms with Gasteiger partial charge in [0, 0.05) is 31.7 Å². The molecule has 1 aromatic heterocycles. The number of nitrogens with zero attached hydrogens (tertiary/aromatic N) is 3. The lowest BCUT2D eigenvalue weighted by atomic mass is 10.0. The van der Waals surface area contributed by atoms with Crippen molar-refractivity contribution in [3.05, 3.63) is 108 Å². The van der Waals surface area contributed by atoms with Crippen LogP contribution in [0.25, 0.3) is 5.69 Å². The summed E-state index contributed by atoms with van der Waals surface area (Å²) in [5.41, 5.74) is 6.02. The van der Waals surface area contributed by atoms with E-state index in [-0.39, 0.29) is 12.1 Å². The highest BCUT2D eigenvalue weighted by Crippen LogP contribution is 2.37. The number of ether oxygens (including phenoxy) is 1. The predicted octanol–water partition coefficient (Wildman–Crippen LogP) is 5.69. The zero-order valence-corrected chi connectivity index (χ0v) is 19.6. The Bertz CT molecular complexity index is 1310. The number of anilines is 2. The topological polar surface area (TPSA) is 49.7 Å². The minimum Gasteiger partial charge on any atom is -0.495 e. The molecule has 0 aliphatic carbocycles. The minimum absolute atomic E-state index is 0.185. The number of rotatable bonds is 4. The van der Waals surface area contributed by atoms with Crippen molar-refractivity contribution in [2.45, 2.75) is 12.6 Å². The van der Waals surface area contributed by atoms with Crippen LogP contribution in [-0.2, 0) is 6.54 Å². The molecular formula is C28H28N4O2. The summed E-state index contributed by atoms with van der Waals surface area (Å²) in [5, 5.41) is 3.09. The number of hydrogen-bond donors (Lipinski definition) is 1. The van der Waals surface area contributed by atoms with E-state index in [1.54, 1.807) is 7.11 Å². The first-order valence-corrected chi connectivity index (χ1v) is 11.3. The summed E-state index contributed by atoms with van der Waals surface area (Å²) in [5.74, 6) is 0.626. The quantitative estimate of drug-likeness (QED) is 0.433. The minimum atomic E-state index is -0.270. The van der Waals surface area contributed by atoms with Crippen LogP contribution in [0.5, 0.6) is 5.75 Å². The SMILES string of the molecule is COc1ccccc1NC(=O)N1Cc2ccccc2-n2cccc2[C@@H]1c1ccc(N(C)C)cc1. The largest absolute Gasteiger partial charge is 0.495 e. The van der Waals surface area contributed by atoms with Gasteiger partial charge in [0.15, 0.2) is 0 Å². The number of aromatic nitrogens is 1. The molecule has 0 unspecified atom stereocenters. The van der Waals surface area contributed by atoms with E-state index in [4.69, 9.17) is 4.74 Å². The molecule has 0 saturated carbocycles. The van der Waals surface area contributed by atoms with Gasteiger partial charge in [0.1, 0.15) is 5.75 Å². The van der Waals surface area contributed by atoms with E-state index in [1.807, 2.05) is 61.5 Å². The average molecular weight is 453 g/mol. The molecule has 0 spiro atoms. The number of benzene rings is 3. The number of methoxy groups -OCH3 is 1. The smallest absolute Gasteiger partial charge is 0.323 e. The van der Waals surface area contributed by atoms with Gasteiger partial charge in [-0.1, -0.05) is 42.5 Å². The molecule has 2 heterocycles. The highest BCUT2D eigenvalue weighted by atomic mass is 16.5. The molecule has 1 aliphatic rings. The molecule has 1 aliphatic heterocycles. The summed E-state index contributed by atoms with van der Waals surface area (Å²) in [6.45, 7) is 0.471. The summed E-state index contributed by atoms with van der Waals surface area (Å²) >= 11 is 0. The normalized spacial score (nSPS) is 14.6. The van der Waals surface area contributed by atoms with Crippen molar-refractivity contribution in [1.29, 1.82) is 0 Å². The molecule has 0 bridgehead atoms. The fourth-order valence-corrected chi connectivity index (χ4v) is 4.58. The van der Waals surface area contributed by atoms with E-state index >= 15 is 0 Å². The van der Waals surface area contributed by atoms with Crippen LogP contribution in [0.2, 0.25) is 0 Å². The Kier molecular flexibility index (Phi) is 5.72. The maximum Gasteiger partial charge on any atom is 0.323 e. The van der Waals surface area contributed by atoms with E-state index in [9.17, 15) is 4.79 Å². The van der Waals surface area contributed by atoms with Gasteiger partial charge in [0.2, 0.25) is 0 Å². The van der Waals surface area contributed by atoms with Gasteiger partial charge >= 0.3 is 6.03 Å². The Morgan fingerprint density at radius 3 is 2.44 bits per heavy atom. The first kappa shape index (κ1) is 21.6. The zero-order valence-electron chi connectivity index (χ0n) is 19.6. The van der Waals surface area contributed by atoms with Crippen molar-refractivity contribution in [1.82, 2.24) is 9.47 Å². The number of urea groups is 1. The first-order valence-electron chi connectivity index (χ1n) is 11.3. The Balaban J connectivity index is 1.62. The maximum atomic E-state index is 13.8. The predicted molar refractivity (Wildman–Crippen MR) is 136 cm³/mol. The molecule has 172 valence electrons. The van der Waals surface area contributed by atoms with Crippen molar-refractivity contribution in [3.8, 4) is 11.4 Å². The third-order valence-electron chi connectivity index (χ3n) is 6.30. The number of carbonyl (C=O) groups excluding carboxylic acids is 1. The summed E-state index contributed by atoms with van der Waals surface area (Å²) < 4.78 is 7.65. The lowest BCUT2D eigenvalue weighted by Gasteiger charge is -2.31. The van der Waals surface area contributed by atoms with Gasteiger partial charge in [0.25, 0.3) is 0 Å². The van der Waals surface area contributed by atoms with E-state index < -0.39 is 0 Å². The third-order valence-corrected chi connectivity index (χ3v) is 6.30. The molecule has 1 atom stereocenters. The van der Waals surface area contributed by atoms with Crippen LogP contribution < -0.4 is 15.0 Å². The molecule has 2 amide bonds. The van der Waals surface area contributed by atoms with Crippen LogP contribution in [0.3, 0.4) is 0 Å². The van der Waals surface area contributed by atoms with E-state index in [0.29, 0.717) is 18.0 Å². The molecule has 4 aromatic rings. The molecule has 34 heavy (non-hydrogen) atoms. The number of carbonyl (C=O) groups is 1. The molecule has 3 aromatic carbocycles. The lowest BCUT2D eigenvalue weighted by Crippen LogP contribution is -2.38. The second kappa shape index (κ2) is 8.98. The summed E-state index contributed by atoms with van der Waals surface area (Å²) in [6.07, 6.45) is 2.07. The number of amides is 2. The molecule has 1 N–H and O–H groups in total. The van der Waals surface area contributed by atoms with Crippen molar-refractivity contribution in [2.24, 2.45) is 0 Å². The van der Waals surface area contributed by atoms with Gasteiger partial charge in [-0.05, 0) is 53.6 Å². The third kappa shape index (κ3) is 3.88. The fraction of sp³-hybridized carbons (Fsp3) is 0.179. The molecule has 0 radical (unpaired) electrons. The van der Waals surface area contributed by atoms with Gasteiger partial charge in [0.05, 0.1) is 31.1 Å². The summed E-state index contributed by atoms with van der Waals surface area (Å²) in [6, 6.07) is 27.8. The lowest BCUT2D eigenvalue weighted by molar-refractivity contribution is 0.194. The zero-order chi connectivity index (χ0) is 23.7. The van der Waals surface area contributed by atoms with Crippen molar-refractivity contribution < 1.29 is 9.53 Å². The Labute approximate surface area is 200 Å². The second-order valence-corrected chi connectivity index (χ2v) is 8.58. The number of fused-ring (bicyclic) bond motifs is 3. The highest BCUT2D eigenvalue weighted by molar-refractivity contribution is 5.91. The number of para-hydroxylation sites is 3. The van der Waals surface area contributed by atoms with Crippen LogP contribution in [0.4, 0.5) is 16.2 Å². The second-order valence-electron chi connectivity index (χ2n) is 8.58. The molecular weight excluding hydrogens is 424 g/mol. The standard InChI is InChI=1S/C28H28N4O2/c1-30(2)22-16-14-20(15-17-22)27-25-12-8-18-31(25)24-11-6-4-9-21(24)19-32(27)28(33)29-23-10-5-7-13-26(23)34-3/h4-18,27H,19H2,1-3H3,(H,29,33)/t27-/m0/s1. The van der Waals surface area contributed by atoms with Crippen LogP contribution in [0.1, 0.15) is 22.9 Å². The molecule has 5 rings (SSSR count). The molecule has 0 fully saturated rings. The Morgan fingerprint density at radius 2 is 1.68 bits per heavy atom. The van der Waals surface area contributed by atoms with Crippen LogP contribution in [0, 0.1) is 0 Å². The van der Waals surface area contributed by atoms with Gasteiger partial charge in [-0.2, -0.15) is 0 Å².